The number of benzene rings is 1. The standard InChI is InChI=1S/C19H21N5O/c1-23-18-15(10-20-23)19(25)22-17(21-18)11-24(13-7-8-13)16-9-6-12-4-2-3-5-14(12)16/h2-5,10,13,16H,6-9,11H2,1H3,(H,21,22,25)/t16-/m1/s1. The van der Waals surface area contributed by atoms with Gasteiger partial charge in [-0.3, -0.25) is 14.4 Å². The molecule has 1 aromatic carbocycles. The van der Waals surface area contributed by atoms with Crippen LogP contribution in [0.25, 0.3) is 11.0 Å². The molecule has 0 spiro atoms. The van der Waals surface area contributed by atoms with Gasteiger partial charge in [0.15, 0.2) is 5.65 Å². The number of hydrogen-bond donors (Lipinski definition) is 1. The van der Waals surface area contributed by atoms with Crippen LogP contribution in [0.15, 0.2) is 35.3 Å². The molecule has 2 aliphatic carbocycles. The minimum atomic E-state index is -0.101. The van der Waals surface area contributed by atoms with Gasteiger partial charge in [-0.1, -0.05) is 24.3 Å². The molecular formula is C19H21N5O. The molecule has 0 bridgehead atoms. The number of fused-ring (bicyclic) bond motifs is 2. The third kappa shape index (κ3) is 2.48. The number of rotatable bonds is 4. The molecule has 0 aliphatic heterocycles. The lowest BCUT2D eigenvalue weighted by molar-refractivity contribution is 0.172. The van der Waals surface area contributed by atoms with Gasteiger partial charge in [0, 0.05) is 19.1 Å². The number of hydrogen-bond acceptors (Lipinski definition) is 4. The van der Waals surface area contributed by atoms with Crippen molar-refractivity contribution in [3.05, 3.63) is 57.8 Å². The quantitative estimate of drug-likeness (QED) is 0.794. The van der Waals surface area contributed by atoms with Crippen molar-refractivity contribution in [2.24, 2.45) is 7.05 Å². The lowest BCUT2D eigenvalue weighted by atomic mass is 10.1. The smallest absolute Gasteiger partial charge is 0.262 e. The van der Waals surface area contributed by atoms with Gasteiger partial charge in [0.1, 0.15) is 11.2 Å². The molecule has 5 rings (SSSR count). The van der Waals surface area contributed by atoms with E-state index in [2.05, 4.69) is 44.2 Å². The molecule has 0 unspecified atom stereocenters. The summed E-state index contributed by atoms with van der Waals surface area (Å²) < 4.78 is 1.67. The molecule has 6 nitrogen and oxygen atoms in total. The van der Waals surface area contributed by atoms with Crippen molar-refractivity contribution in [3.8, 4) is 0 Å². The Balaban J connectivity index is 1.51. The normalized spacial score (nSPS) is 19.7. The first kappa shape index (κ1) is 14.8. The van der Waals surface area contributed by atoms with E-state index in [9.17, 15) is 4.79 Å². The fourth-order valence-corrected chi connectivity index (χ4v) is 4.10. The van der Waals surface area contributed by atoms with Gasteiger partial charge in [-0.2, -0.15) is 5.10 Å². The maximum absolute atomic E-state index is 12.3. The highest BCUT2D eigenvalue weighted by Gasteiger charge is 2.37. The summed E-state index contributed by atoms with van der Waals surface area (Å²) in [5.41, 5.74) is 3.46. The van der Waals surface area contributed by atoms with Crippen LogP contribution in [0.5, 0.6) is 0 Å². The van der Waals surface area contributed by atoms with Gasteiger partial charge < -0.3 is 4.98 Å². The molecule has 1 N–H and O–H groups in total. The molecular weight excluding hydrogens is 314 g/mol. The first-order valence-corrected chi connectivity index (χ1v) is 8.95. The molecule has 1 fully saturated rings. The topological polar surface area (TPSA) is 66.8 Å². The van der Waals surface area contributed by atoms with E-state index in [4.69, 9.17) is 0 Å². The highest BCUT2D eigenvalue weighted by atomic mass is 16.1. The van der Waals surface area contributed by atoms with Crippen LogP contribution in [0.1, 0.15) is 42.3 Å². The van der Waals surface area contributed by atoms with Crippen LogP contribution in [-0.2, 0) is 20.0 Å². The fraction of sp³-hybridized carbons (Fsp3) is 0.421. The van der Waals surface area contributed by atoms with Crippen molar-refractivity contribution in [2.45, 2.75) is 44.3 Å². The third-order valence-electron chi connectivity index (χ3n) is 5.50. The number of nitrogens with zero attached hydrogens (tertiary/aromatic N) is 4. The van der Waals surface area contributed by atoms with Gasteiger partial charge in [0.05, 0.1) is 12.7 Å². The largest absolute Gasteiger partial charge is 0.309 e. The summed E-state index contributed by atoms with van der Waals surface area (Å²) in [6.45, 7) is 0.681. The van der Waals surface area contributed by atoms with Crippen molar-refractivity contribution in [1.29, 1.82) is 0 Å². The Hall–Kier alpha value is -2.47. The number of aromatic amines is 1. The molecule has 2 aliphatic rings. The maximum atomic E-state index is 12.3. The SMILES string of the molecule is Cn1ncc2c(=O)[nH]c(CN(C3CC3)[C@@H]3CCc4ccccc43)nc21. The van der Waals surface area contributed by atoms with Crippen molar-refractivity contribution >= 4 is 11.0 Å². The summed E-state index contributed by atoms with van der Waals surface area (Å²) in [6.07, 6.45) is 6.33. The lowest BCUT2D eigenvalue weighted by Gasteiger charge is -2.29. The van der Waals surface area contributed by atoms with Gasteiger partial charge >= 0.3 is 0 Å². The second kappa shape index (κ2) is 5.52. The van der Waals surface area contributed by atoms with Crippen LogP contribution >= 0.6 is 0 Å². The molecule has 2 heterocycles. The Kier molecular flexibility index (Phi) is 3.28. The second-order valence-electron chi connectivity index (χ2n) is 7.17. The van der Waals surface area contributed by atoms with Crippen LogP contribution < -0.4 is 5.56 Å². The van der Waals surface area contributed by atoms with E-state index in [-0.39, 0.29) is 5.56 Å². The number of aryl methyl sites for hydroxylation is 2. The second-order valence-corrected chi connectivity index (χ2v) is 7.17. The molecule has 25 heavy (non-hydrogen) atoms. The Labute approximate surface area is 145 Å². The predicted molar refractivity (Wildman–Crippen MR) is 95.2 cm³/mol. The van der Waals surface area contributed by atoms with E-state index >= 15 is 0 Å². The highest BCUT2D eigenvalue weighted by molar-refractivity contribution is 5.72. The van der Waals surface area contributed by atoms with E-state index in [0.29, 0.717) is 29.7 Å². The average Bonchev–Trinajstić information content (AvgIpc) is 3.26. The summed E-state index contributed by atoms with van der Waals surface area (Å²) in [7, 11) is 1.82. The van der Waals surface area contributed by atoms with Crippen LogP contribution in [0.3, 0.4) is 0 Å². The minimum absolute atomic E-state index is 0.101. The monoisotopic (exact) mass is 335 g/mol. The minimum Gasteiger partial charge on any atom is -0.309 e. The summed E-state index contributed by atoms with van der Waals surface area (Å²) in [4.78, 5) is 22.5. The predicted octanol–water partition coefficient (Wildman–Crippen LogP) is 2.31. The Morgan fingerprint density at radius 1 is 1.28 bits per heavy atom. The molecule has 3 aromatic rings. The van der Waals surface area contributed by atoms with Crippen LogP contribution in [0, 0.1) is 0 Å². The van der Waals surface area contributed by atoms with Crippen molar-refractivity contribution < 1.29 is 0 Å². The summed E-state index contributed by atoms with van der Waals surface area (Å²) in [5.74, 6) is 0.734. The van der Waals surface area contributed by atoms with Gasteiger partial charge in [-0.05, 0) is 36.8 Å². The summed E-state index contributed by atoms with van der Waals surface area (Å²) in [5, 5.41) is 4.70. The Morgan fingerprint density at radius 3 is 2.96 bits per heavy atom. The zero-order chi connectivity index (χ0) is 17.0. The Morgan fingerprint density at radius 2 is 2.12 bits per heavy atom. The van der Waals surface area contributed by atoms with E-state index < -0.39 is 0 Å². The van der Waals surface area contributed by atoms with E-state index in [1.807, 2.05) is 7.05 Å². The molecule has 1 saturated carbocycles. The first-order valence-electron chi connectivity index (χ1n) is 8.95. The van der Waals surface area contributed by atoms with E-state index in [1.54, 1.807) is 10.9 Å². The highest BCUT2D eigenvalue weighted by Crippen LogP contribution is 2.42. The molecule has 6 heteroatoms. The molecule has 128 valence electrons. The van der Waals surface area contributed by atoms with Gasteiger partial charge in [0.25, 0.3) is 5.56 Å². The number of aromatic nitrogens is 4. The summed E-state index contributed by atoms with van der Waals surface area (Å²) >= 11 is 0. The fourth-order valence-electron chi connectivity index (χ4n) is 4.10. The van der Waals surface area contributed by atoms with Crippen LogP contribution in [-0.4, -0.2) is 30.7 Å². The molecule has 0 saturated heterocycles. The average molecular weight is 335 g/mol. The molecule has 0 amide bonds. The number of nitrogens with one attached hydrogen (secondary N) is 1. The van der Waals surface area contributed by atoms with Crippen molar-refractivity contribution in [2.75, 3.05) is 0 Å². The molecule has 2 aromatic heterocycles. The van der Waals surface area contributed by atoms with Crippen LogP contribution in [0.2, 0.25) is 0 Å². The maximum Gasteiger partial charge on any atom is 0.262 e. The summed E-state index contributed by atoms with van der Waals surface area (Å²) in [6, 6.07) is 9.77. The zero-order valence-corrected chi connectivity index (χ0v) is 14.3. The van der Waals surface area contributed by atoms with E-state index in [1.165, 1.54) is 24.0 Å². The van der Waals surface area contributed by atoms with Crippen LogP contribution in [0.4, 0.5) is 0 Å². The van der Waals surface area contributed by atoms with Crippen molar-refractivity contribution in [1.82, 2.24) is 24.6 Å². The van der Waals surface area contributed by atoms with Gasteiger partial charge in [0.2, 0.25) is 0 Å². The van der Waals surface area contributed by atoms with Gasteiger partial charge in [-0.25, -0.2) is 4.98 Å². The van der Waals surface area contributed by atoms with Crippen molar-refractivity contribution in [3.63, 3.8) is 0 Å². The third-order valence-corrected chi connectivity index (χ3v) is 5.50. The first-order chi connectivity index (χ1) is 12.2. The molecule has 0 radical (unpaired) electrons. The van der Waals surface area contributed by atoms with E-state index in [0.717, 1.165) is 18.7 Å². The molecule has 1 atom stereocenters. The zero-order valence-electron chi connectivity index (χ0n) is 14.3. The lowest BCUT2D eigenvalue weighted by Crippen LogP contribution is -2.31. The number of H-pyrrole nitrogens is 1. The Bertz CT molecular complexity index is 1000. The van der Waals surface area contributed by atoms with Gasteiger partial charge in [-0.15, -0.1) is 0 Å².